The molecular weight excluding hydrogens is 345 g/mol. The van der Waals surface area contributed by atoms with Gasteiger partial charge in [-0.15, -0.1) is 0 Å². The molecule has 1 heterocycles. The lowest BCUT2D eigenvalue weighted by molar-refractivity contribution is 0.571. The Morgan fingerprint density at radius 2 is 2.20 bits per heavy atom. The van der Waals surface area contributed by atoms with Gasteiger partial charge in [0.1, 0.15) is 0 Å². The van der Waals surface area contributed by atoms with Crippen molar-refractivity contribution in [2.24, 2.45) is 0 Å². The topological polar surface area (TPSA) is 26.0 Å². The average molecular weight is 351 g/mol. The largest absolute Gasteiger partial charge is 0.443 e. The van der Waals surface area contributed by atoms with Crippen LogP contribution in [0.5, 0.6) is 0 Å². The molecule has 78 valence electrons. The zero-order valence-corrected chi connectivity index (χ0v) is 11.4. The molecular formula is C10H6Br2ClNO. The van der Waals surface area contributed by atoms with Gasteiger partial charge in [-0.2, -0.15) is 0 Å². The first-order chi connectivity index (χ1) is 7.22. The maximum atomic E-state index is 5.87. The van der Waals surface area contributed by atoms with Crippen LogP contribution < -0.4 is 0 Å². The molecule has 1 aromatic heterocycles. The van der Waals surface area contributed by atoms with E-state index in [1.807, 2.05) is 18.2 Å². The molecule has 0 N–H and O–H groups in total. The minimum absolute atomic E-state index is 0.661. The summed E-state index contributed by atoms with van der Waals surface area (Å²) in [5.74, 6) is 0.760. The first-order valence-corrected chi connectivity index (χ1v) is 6.45. The lowest BCUT2D eigenvalue weighted by atomic mass is 10.1. The number of oxazole rings is 1. The zero-order chi connectivity index (χ0) is 10.8. The van der Waals surface area contributed by atoms with Crippen molar-refractivity contribution in [3.63, 3.8) is 0 Å². The van der Waals surface area contributed by atoms with Crippen molar-refractivity contribution in [2.75, 3.05) is 0 Å². The molecule has 0 bridgehead atoms. The summed E-state index contributed by atoms with van der Waals surface area (Å²) in [7, 11) is 0. The van der Waals surface area contributed by atoms with Crippen molar-refractivity contribution < 1.29 is 4.42 Å². The van der Waals surface area contributed by atoms with Crippen LogP contribution in [0.1, 0.15) is 5.69 Å². The predicted octanol–water partition coefficient (Wildman–Crippen LogP) is 4.65. The zero-order valence-electron chi connectivity index (χ0n) is 7.51. The standard InChI is InChI=1S/C10H6Br2ClNO/c11-4-9-10(15-5-14-9)7-2-1-6(13)3-8(7)12/h1-3,5H,4H2. The quantitative estimate of drug-likeness (QED) is 0.736. The number of nitrogens with zero attached hydrogens (tertiary/aromatic N) is 1. The molecule has 0 aliphatic carbocycles. The van der Waals surface area contributed by atoms with E-state index in [-0.39, 0.29) is 0 Å². The molecule has 0 unspecified atom stereocenters. The number of halogens is 3. The van der Waals surface area contributed by atoms with Crippen LogP contribution in [0.15, 0.2) is 33.5 Å². The molecule has 15 heavy (non-hydrogen) atoms. The van der Waals surface area contributed by atoms with E-state index < -0.39 is 0 Å². The van der Waals surface area contributed by atoms with Gasteiger partial charge in [-0.25, -0.2) is 4.98 Å². The summed E-state index contributed by atoms with van der Waals surface area (Å²) in [6.45, 7) is 0. The van der Waals surface area contributed by atoms with Gasteiger partial charge in [-0.1, -0.05) is 27.5 Å². The molecule has 2 aromatic rings. The Bertz CT molecular complexity index is 484. The molecule has 0 atom stereocenters. The monoisotopic (exact) mass is 349 g/mol. The van der Waals surface area contributed by atoms with Crippen molar-refractivity contribution in [1.82, 2.24) is 4.98 Å². The van der Waals surface area contributed by atoms with E-state index in [4.69, 9.17) is 16.0 Å². The fourth-order valence-corrected chi connectivity index (χ4v) is 2.52. The van der Waals surface area contributed by atoms with Crippen LogP contribution in [0, 0.1) is 0 Å². The highest BCUT2D eigenvalue weighted by Gasteiger charge is 2.12. The lowest BCUT2D eigenvalue weighted by Gasteiger charge is -2.02. The van der Waals surface area contributed by atoms with Crippen molar-refractivity contribution in [2.45, 2.75) is 5.33 Å². The minimum atomic E-state index is 0.661. The summed E-state index contributed by atoms with van der Waals surface area (Å²) < 4.78 is 6.25. The van der Waals surface area contributed by atoms with E-state index in [1.54, 1.807) is 0 Å². The summed E-state index contributed by atoms with van der Waals surface area (Å²) in [4.78, 5) is 4.11. The van der Waals surface area contributed by atoms with Gasteiger partial charge < -0.3 is 4.42 Å². The third-order valence-electron chi connectivity index (χ3n) is 1.94. The molecule has 0 aliphatic rings. The second kappa shape index (κ2) is 4.68. The molecule has 0 amide bonds. The number of aromatic nitrogens is 1. The second-order valence-corrected chi connectivity index (χ2v) is 4.74. The number of hydrogen-bond acceptors (Lipinski definition) is 2. The second-order valence-electron chi connectivity index (χ2n) is 2.89. The predicted molar refractivity (Wildman–Crippen MR) is 67.3 cm³/mol. The van der Waals surface area contributed by atoms with Crippen LogP contribution >= 0.6 is 43.5 Å². The Morgan fingerprint density at radius 3 is 2.87 bits per heavy atom. The van der Waals surface area contributed by atoms with Crippen LogP contribution in [0.25, 0.3) is 11.3 Å². The van der Waals surface area contributed by atoms with E-state index in [0.29, 0.717) is 10.4 Å². The minimum Gasteiger partial charge on any atom is -0.443 e. The first kappa shape index (κ1) is 11.2. The summed E-state index contributed by atoms with van der Waals surface area (Å²) in [6, 6.07) is 5.55. The third-order valence-corrected chi connectivity index (χ3v) is 3.37. The van der Waals surface area contributed by atoms with E-state index >= 15 is 0 Å². The normalized spacial score (nSPS) is 10.6. The fourth-order valence-electron chi connectivity index (χ4n) is 1.26. The summed E-state index contributed by atoms with van der Waals surface area (Å²) >= 11 is 12.7. The Kier molecular flexibility index (Phi) is 3.49. The van der Waals surface area contributed by atoms with Crippen LogP contribution in [0.3, 0.4) is 0 Å². The molecule has 2 nitrogen and oxygen atoms in total. The van der Waals surface area contributed by atoms with E-state index in [2.05, 4.69) is 36.8 Å². The van der Waals surface area contributed by atoms with E-state index in [0.717, 1.165) is 21.5 Å². The van der Waals surface area contributed by atoms with Crippen LogP contribution in [-0.4, -0.2) is 4.98 Å². The molecule has 0 fully saturated rings. The molecule has 0 saturated heterocycles. The van der Waals surface area contributed by atoms with Crippen LogP contribution in [-0.2, 0) is 5.33 Å². The smallest absolute Gasteiger partial charge is 0.181 e. The molecule has 0 spiro atoms. The van der Waals surface area contributed by atoms with Gasteiger partial charge in [-0.3, -0.25) is 0 Å². The Balaban J connectivity index is 2.54. The Hall–Kier alpha value is -0.320. The molecule has 1 aromatic carbocycles. The highest BCUT2D eigenvalue weighted by Crippen LogP contribution is 2.33. The summed E-state index contributed by atoms with van der Waals surface area (Å²) in [5.41, 5.74) is 1.82. The lowest BCUT2D eigenvalue weighted by Crippen LogP contribution is -1.84. The highest BCUT2D eigenvalue weighted by atomic mass is 79.9. The van der Waals surface area contributed by atoms with Gasteiger partial charge in [-0.05, 0) is 34.1 Å². The summed E-state index contributed by atoms with van der Waals surface area (Å²) in [6.07, 6.45) is 1.44. The number of benzene rings is 1. The van der Waals surface area contributed by atoms with E-state index in [1.165, 1.54) is 6.39 Å². The molecule has 0 saturated carbocycles. The third kappa shape index (κ3) is 2.27. The van der Waals surface area contributed by atoms with Gasteiger partial charge in [0.05, 0.1) is 5.69 Å². The van der Waals surface area contributed by atoms with Crippen molar-refractivity contribution >= 4 is 43.5 Å². The Labute approximate surface area is 109 Å². The average Bonchev–Trinajstić information content (AvgIpc) is 2.65. The molecule has 0 aliphatic heterocycles. The van der Waals surface area contributed by atoms with Gasteiger partial charge >= 0.3 is 0 Å². The maximum Gasteiger partial charge on any atom is 0.181 e. The van der Waals surface area contributed by atoms with Crippen molar-refractivity contribution in [3.05, 3.63) is 39.8 Å². The highest BCUT2D eigenvalue weighted by molar-refractivity contribution is 9.10. The summed E-state index contributed by atoms with van der Waals surface area (Å²) in [5, 5.41) is 1.35. The fraction of sp³-hybridized carbons (Fsp3) is 0.100. The number of rotatable bonds is 2. The number of hydrogen-bond donors (Lipinski definition) is 0. The van der Waals surface area contributed by atoms with Crippen LogP contribution in [0.4, 0.5) is 0 Å². The van der Waals surface area contributed by atoms with Crippen molar-refractivity contribution in [1.29, 1.82) is 0 Å². The van der Waals surface area contributed by atoms with E-state index in [9.17, 15) is 0 Å². The van der Waals surface area contributed by atoms with Crippen LogP contribution in [0.2, 0.25) is 5.02 Å². The SMILES string of the molecule is Clc1ccc(-c2ocnc2CBr)c(Br)c1. The first-order valence-electron chi connectivity index (χ1n) is 4.16. The van der Waals surface area contributed by atoms with Gasteiger partial charge in [0.25, 0.3) is 0 Å². The van der Waals surface area contributed by atoms with Gasteiger partial charge in [0.2, 0.25) is 0 Å². The maximum absolute atomic E-state index is 5.87. The van der Waals surface area contributed by atoms with Gasteiger partial charge in [0, 0.05) is 20.4 Å². The molecule has 5 heteroatoms. The molecule has 0 radical (unpaired) electrons. The Morgan fingerprint density at radius 1 is 1.40 bits per heavy atom. The van der Waals surface area contributed by atoms with Crippen molar-refractivity contribution in [3.8, 4) is 11.3 Å². The number of alkyl halides is 1. The molecule has 2 rings (SSSR count). The van der Waals surface area contributed by atoms with Gasteiger partial charge in [0.15, 0.2) is 12.2 Å².